The van der Waals surface area contributed by atoms with Gasteiger partial charge < -0.3 is 5.32 Å². The summed E-state index contributed by atoms with van der Waals surface area (Å²) in [6, 6.07) is 10.8. The lowest BCUT2D eigenvalue weighted by Gasteiger charge is -2.29. The summed E-state index contributed by atoms with van der Waals surface area (Å²) in [6.45, 7) is 3.53. The van der Waals surface area contributed by atoms with Gasteiger partial charge in [-0.2, -0.15) is 0 Å². The first-order valence-electron chi connectivity index (χ1n) is 7.97. The van der Waals surface area contributed by atoms with E-state index in [2.05, 4.69) is 5.32 Å². The molecule has 2 aromatic carbocycles. The standard InChI is InChI=1S/C18H20Cl2N2O3S/c1-4-13-5-8-15(9-6-13)21-18(23)12(2)22(26(3,24)25)17-11-14(19)7-10-16(17)20/h5-12H,4H2,1-3H3,(H,21,23)/t12-/m1/s1. The Morgan fingerprint density at radius 1 is 1.15 bits per heavy atom. The molecule has 0 fully saturated rings. The van der Waals surface area contributed by atoms with E-state index >= 15 is 0 Å². The average Bonchev–Trinajstić information content (AvgIpc) is 2.57. The highest BCUT2D eigenvalue weighted by molar-refractivity contribution is 7.92. The third-order valence-electron chi connectivity index (χ3n) is 3.86. The first kappa shape index (κ1) is 20.6. The van der Waals surface area contributed by atoms with Crippen LogP contribution in [0.5, 0.6) is 0 Å². The van der Waals surface area contributed by atoms with Crippen molar-refractivity contribution in [3.05, 3.63) is 58.1 Å². The largest absolute Gasteiger partial charge is 0.324 e. The molecular weight excluding hydrogens is 395 g/mol. The highest BCUT2D eigenvalue weighted by atomic mass is 35.5. The van der Waals surface area contributed by atoms with Crippen molar-refractivity contribution in [2.24, 2.45) is 0 Å². The Labute approximate surface area is 164 Å². The lowest BCUT2D eigenvalue weighted by molar-refractivity contribution is -0.116. The monoisotopic (exact) mass is 414 g/mol. The van der Waals surface area contributed by atoms with E-state index < -0.39 is 22.0 Å². The maximum atomic E-state index is 12.6. The molecule has 0 spiro atoms. The SMILES string of the molecule is CCc1ccc(NC(=O)[C@@H](C)N(c2cc(Cl)ccc2Cl)S(C)(=O)=O)cc1. The van der Waals surface area contributed by atoms with E-state index in [1.54, 1.807) is 18.2 Å². The fourth-order valence-electron chi connectivity index (χ4n) is 2.51. The Morgan fingerprint density at radius 2 is 1.77 bits per heavy atom. The van der Waals surface area contributed by atoms with Gasteiger partial charge in [-0.25, -0.2) is 8.42 Å². The van der Waals surface area contributed by atoms with Crippen molar-refractivity contribution in [1.29, 1.82) is 0 Å². The van der Waals surface area contributed by atoms with E-state index in [4.69, 9.17) is 23.2 Å². The van der Waals surface area contributed by atoms with E-state index in [1.165, 1.54) is 19.1 Å². The number of aryl methyl sites for hydroxylation is 1. The Bertz CT molecular complexity index is 899. The first-order valence-corrected chi connectivity index (χ1v) is 10.6. The van der Waals surface area contributed by atoms with E-state index in [-0.39, 0.29) is 10.7 Å². The second-order valence-electron chi connectivity index (χ2n) is 5.87. The highest BCUT2D eigenvalue weighted by Gasteiger charge is 2.30. The summed E-state index contributed by atoms with van der Waals surface area (Å²) in [5, 5.41) is 3.24. The fourth-order valence-corrected chi connectivity index (χ4v) is 4.11. The van der Waals surface area contributed by atoms with Crippen LogP contribution in [0, 0.1) is 0 Å². The summed E-state index contributed by atoms with van der Waals surface area (Å²) in [7, 11) is -3.78. The number of rotatable bonds is 6. The maximum Gasteiger partial charge on any atom is 0.247 e. The number of hydrogen-bond donors (Lipinski definition) is 1. The van der Waals surface area contributed by atoms with Gasteiger partial charge in [0.1, 0.15) is 6.04 Å². The molecule has 1 amide bonds. The van der Waals surface area contributed by atoms with E-state index in [1.807, 2.05) is 19.1 Å². The molecule has 0 aromatic heterocycles. The van der Waals surface area contributed by atoms with Crippen molar-refractivity contribution in [1.82, 2.24) is 0 Å². The van der Waals surface area contributed by atoms with Crippen LogP contribution < -0.4 is 9.62 Å². The molecule has 0 aliphatic heterocycles. The third-order valence-corrected chi connectivity index (χ3v) is 5.65. The van der Waals surface area contributed by atoms with Crippen LogP contribution in [-0.2, 0) is 21.2 Å². The predicted octanol–water partition coefficient (Wildman–Crippen LogP) is 4.35. The molecule has 0 unspecified atom stereocenters. The predicted molar refractivity (Wildman–Crippen MR) is 108 cm³/mol. The van der Waals surface area contributed by atoms with Crippen LogP contribution in [0.15, 0.2) is 42.5 Å². The zero-order chi connectivity index (χ0) is 19.5. The number of carbonyl (C=O) groups excluding carboxylic acids is 1. The smallest absolute Gasteiger partial charge is 0.247 e. The minimum atomic E-state index is -3.78. The van der Waals surface area contributed by atoms with Crippen molar-refractivity contribution in [2.45, 2.75) is 26.3 Å². The number of nitrogens with zero attached hydrogens (tertiary/aromatic N) is 1. The molecule has 0 bridgehead atoms. The summed E-state index contributed by atoms with van der Waals surface area (Å²) in [5.74, 6) is -0.476. The number of sulfonamides is 1. The van der Waals surface area contributed by atoms with Crippen LogP contribution in [0.2, 0.25) is 10.0 Å². The van der Waals surface area contributed by atoms with E-state index in [0.29, 0.717) is 10.7 Å². The number of nitrogens with one attached hydrogen (secondary N) is 1. The molecule has 2 aromatic rings. The minimum absolute atomic E-state index is 0.158. The van der Waals surface area contributed by atoms with Crippen molar-refractivity contribution >= 4 is 50.5 Å². The summed E-state index contributed by atoms with van der Waals surface area (Å²) in [6.07, 6.45) is 1.91. The summed E-state index contributed by atoms with van der Waals surface area (Å²) < 4.78 is 25.6. The number of anilines is 2. The maximum absolute atomic E-state index is 12.6. The second kappa shape index (κ2) is 8.29. The molecule has 1 N–H and O–H groups in total. The van der Waals surface area contributed by atoms with Crippen LogP contribution in [0.25, 0.3) is 0 Å². The molecule has 5 nitrogen and oxygen atoms in total. The van der Waals surface area contributed by atoms with Gasteiger partial charge in [0.15, 0.2) is 0 Å². The van der Waals surface area contributed by atoms with Crippen LogP contribution in [0.3, 0.4) is 0 Å². The Balaban J connectivity index is 2.32. The van der Waals surface area contributed by atoms with Crippen LogP contribution in [0.4, 0.5) is 11.4 Å². The highest BCUT2D eigenvalue weighted by Crippen LogP contribution is 2.32. The fraction of sp³-hybridized carbons (Fsp3) is 0.278. The molecule has 0 heterocycles. The first-order chi connectivity index (χ1) is 12.1. The van der Waals surface area contributed by atoms with Gasteiger partial charge >= 0.3 is 0 Å². The van der Waals surface area contributed by atoms with Gasteiger partial charge in [-0.05, 0) is 49.2 Å². The third kappa shape index (κ3) is 4.90. The number of hydrogen-bond acceptors (Lipinski definition) is 3. The summed E-state index contributed by atoms with van der Waals surface area (Å²) >= 11 is 12.1. The number of halogens is 2. The van der Waals surface area contributed by atoms with Gasteiger partial charge in [0.2, 0.25) is 15.9 Å². The topological polar surface area (TPSA) is 66.5 Å². The molecule has 0 radical (unpaired) electrons. The molecule has 0 saturated carbocycles. The zero-order valence-electron chi connectivity index (χ0n) is 14.7. The van der Waals surface area contributed by atoms with Crippen molar-refractivity contribution in [3.63, 3.8) is 0 Å². The number of amides is 1. The number of carbonyl (C=O) groups is 1. The average molecular weight is 415 g/mol. The van der Waals surface area contributed by atoms with Gasteiger partial charge in [-0.3, -0.25) is 9.10 Å². The summed E-state index contributed by atoms with van der Waals surface area (Å²) in [4.78, 5) is 12.6. The number of benzene rings is 2. The molecule has 1 atom stereocenters. The van der Waals surface area contributed by atoms with E-state index in [9.17, 15) is 13.2 Å². The normalized spacial score (nSPS) is 12.5. The van der Waals surface area contributed by atoms with Gasteiger partial charge in [-0.1, -0.05) is 42.3 Å². The van der Waals surface area contributed by atoms with Gasteiger partial charge in [0.05, 0.1) is 17.0 Å². The molecular formula is C18H20Cl2N2O3S. The van der Waals surface area contributed by atoms with Gasteiger partial charge in [0.25, 0.3) is 0 Å². The van der Waals surface area contributed by atoms with Crippen molar-refractivity contribution in [2.75, 3.05) is 15.9 Å². The molecule has 0 aliphatic rings. The van der Waals surface area contributed by atoms with Crippen LogP contribution in [0.1, 0.15) is 19.4 Å². The Morgan fingerprint density at radius 3 is 2.31 bits per heavy atom. The van der Waals surface area contributed by atoms with Crippen molar-refractivity contribution < 1.29 is 13.2 Å². The second-order valence-corrected chi connectivity index (χ2v) is 8.57. The van der Waals surface area contributed by atoms with Gasteiger partial charge in [-0.15, -0.1) is 0 Å². The van der Waals surface area contributed by atoms with Crippen LogP contribution in [-0.4, -0.2) is 26.6 Å². The summed E-state index contributed by atoms with van der Waals surface area (Å²) in [5.41, 5.74) is 1.88. The van der Waals surface area contributed by atoms with Crippen LogP contribution >= 0.6 is 23.2 Å². The molecule has 0 aliphatic carbocycles. The Kier molecular flexibility index (Phi) is 6.55. The lowest BCUT2D eigenvalue weighted by atomic mass is 10.1. The molecule has 0 saturated heterocycles. The zero-order valence-corrected chi connectivity index (χ0v) is 17.0. The molecule has 2 rings (SSSR count). The molecule has 140 valence electrons. The van der Waals surface area contributed by atoms with Crippen molar-refractivity contribution in [3.8, 4) is 0 Å². The van der Waals surface area contributed by atoms with E-state index in [0.717, 1.165) is 22.5 Å². The minimum Gasteiger partial charge on any atom is -0.324 e. The quantitative estimate of drug-likeness (QED) is 0.763. The molecule has 8 heteroatoms. The Hall–Kier alpha value is -1.76. The van der Waals surface area contributed by atoms with Gasteiger partial charge in [0, 0.05) is 10.7 Å². The lowest BCUT2D eigenvalue weighted by Crippen LogP contribution is -2.45. The molecule has 26 heavy (non-hydrogen) atoms.